The van der Waals surface area contributed by atoms with Crippen molar-refractivity contribution in [2.45, 2.75) is 64.6 Å². The van der Waals surface area contributed by atoms with Crippen molar-refractivity contribution in [3.8, 4) is 0 Å². The predicted molar refractivity (Wildman–Crippen MR) is 110 cm³/mol. The molecule has 28 heavy (non-hydrogen) atoms. The van der Waals surface area contributed by atoms with Gasteiger partial charge in [0.1, 0.15) is 11.5 Å². The number of aryl methyl sites for hydroxylation is 1. The Morgan fingerprint density at radius 3 is 2.43 bits per heavy atom. The normalized spacial score (nSPS) is 22.1. The summed E-state index contributed by atoms with van der Waals surface area (Å²) >= 11 is 0. The molecule has 1 amide bonds. The molecule has 0 aromatic carbocycles. The number of aromatic amines is 1. The monoisotopic (exact) mass is 386 g/mol. The maximum absolute atomic E-state index is 11.8. The first-order valence-corrected chi connectivity index (χ1v) is 9.86. The van der Waals surface area contributed by atoms with E-state index >= 15 is 0 Å². The van der Waals surface area contributed by atoms with Crippen molar-refractivity contribution in [1.82, 2.24) is 25.5 Å². The largest absolute Gasteiger partial charge is 0.364 e. The lowest BCUT2D eigenvalue weighted by Gasteiger charge is -2.40. The average Bonchev–Trinajstić information content (AvgIpc) is 3.11. The SMILES string of the molecule is CC[C@@H]1CC(N(C)c2nc(Nc3cc(C)[nH]n3)cc(C(N)=O)n2)C[C@H](CC)N1. The van der Waals surface area contributed by atoms with Crippen LogP contribution in [0.4, 0.5) is 17.6 Å². The van der Waals surface area contributed by atoms with Gasteiger partial charge in [-0.05, 0) is 32.6 Å². The van der Waals surface area contributed by atoms with E-state index in [0.29, 0.717) is 35.7 Å². The van der Waals surface area contributed by atoms with E-state index in [9.17, 15) is 4.79 Å². The van der Waals surface area contributed by atoms with Crippen LogP contribution in [0.3, 0.4) is 0 Å². The maximum Gasteiger partial charge on any atom is 0.267 e. The highest BCUT2D eigenvalue weighted by molar-refractivity contribution is 5.92. The van der Waals surface area contributed by atoms with Crippen LogP contribution in [-0.4, -0.2) is 51.2 Å². The lowest BCUT2D eigenvalue weighted by molar-refractivity contribution is 0.0995. The minimum absolute atomic E-state index is 0.180. The number of H-pyrrole nitrogens is 1. The Hall–Kier alpha value is -2.68. The van der Waals surface area contributed by atoms with Crippen molar-refractivity contribution in [2.24, 2.45) is 5.73 Å². The molecule has 2 aromatic rings. The summed E-state index contributed by atoms with van der Waals surface area (Å²) < 4.78 is 0. The molecule has 0 aliphatic carbocycles. The summed E-state index contributed by atoms with van der Waals surface area (Å²) in [6, 6.07) is 4.64. The summed E-state index contributed by atoms with van der Waals surface area (Å²) in [5.74, 6) is 1.02. The zero-order valence-electron chi connectivity index (χ0n) is 17.0. The molecule has 3 atom stereocenters. The Balaban J connectivity index is 1.87. The van der Waals surface area contributed by atoms with E-state index in [-0.39, 0.29) is 5.69 Å². The van der Waals surface area contributed by atoms with Crippen molar-refractivity contribution < 1.29 is 4.79 Å². The average molecular weight is 387 g/mol. The third-order valence-corrected chi connectivity index (χ3v) is 5.36. The van der Waals surface area contributed by atoms with Crippen LogP contribution in [0.1, 0.15) is 55.7 Å². The second-order valence-electron chi connectivity index (χ2n) is 7.48. The van der Waals surface area contributed by atoms with Crippen molar-refractivity contribution in [3.05, 3.63) is 23.5 Å². The lowest BCUT2D eigenvalue weighted by atomic mass is 9.90. The molecule has 1 fully saturated rings. The predicted octanol–water partition coefficient (Wildman–Crippen LogP) is 2.10. The Morgan fingerprint density at radius 1 is 1.21 bits per heavy atom. The van der Waals surface area contributed by atoms with Crippen molar-refractivity contribution >= 4 is 23.5 Å². The first-order chi connectivity index (χ1) is 13.4. The summed E-state index contributed by atoms with van der Waals surface area (Å²) in [5, 5.41) is 13.8. The van der Waals surface area contributed by atoms with E-state index in [1.54, 1.807) is 6.07 Å². The van der Waals surface area contributed by atoms with Crippen LogP contribution in [0.25, 0.3) is 0 Å². The summed E-state index contributed by atoms with van der Waals surface area (Å²) in [6.07, 6.45) is 4.17. The molecule has 3 rings (SSSR count). The number of amides is 1. The third-order valence-electron chi connectivity index (χ3n) is 5.36. The number of aromatic nitrogens is 4. The molecule has 0 radical (unpaired) electrons. The smallest absolute Gasteiger partial charge is 0.267 e. The molecule has 1 unspecified atom stereocenters. The molecular formula is C19H30N8O. The molecule has 1 aliphatic heterocycles. The van der Waals surface area contributed by atoms with Gasteiger partial charge < -0.3 is 21.3 Å². The summed E-state index contributed by atoms with van der Waals surface area (Å²) in [4.78, 5) is 22.9. The number of rotatable bonds is 7. The van der Waals surface area contributed by atoms with Gasteiger partial charge in [0.2, 0.25) is 5.95 Å². The molecule has 0 spiro atoms. The minimum Gasteiger partial charge on any atom is -0.364 e. The van der Waals surface area contributed by atoms with Crippen LogP contribution >= 0.6 is 0 Å². The number of hydrogen-bond acceptors (Lipinski definition) is 7. The minimum atomic E-state index is -0.582. The fourth-order valence-corrected chi connectivity index (χ4v) is 3.67. The quantitative estimate of drug-likeness (QED) is 0.574. The number of anilines is 3. The summed E-state index contributed by atoms with van der Waals surface area (Å²) in [7, 11) is 1.98. The molecular weight excluding hydrogens is 356 g/mol. The third kappa shape index (κ3) is 4.59. The van der Waals surface area contributed by atoms with Gasteiger partial charge in [0, 0.05) is 43.0 Å². The number of nitrogens with zero attached hydrogens (tertiary/aromatic N) is 4. The highest BCUT2D eigenvalue weighted by Crippen LogP contribution is 2.25. The first kappa shape index (κ1) is 20.1. The molecule has 1 saturated heterocycles. The Kier molecular flexibility index (Phi) is 6.13. The van der Waals surface area contributed by atoms with E-state index in [2.05, 4.69) is 49.5 Å². The van der Waals surface area contributed by atoms with Gasteiger partial charge in [0.05, 0.1) is 0 Å². The van der Waals surface area contributed by atoms with Gasteiger partial charge in [-0.25, -0.2) is 4.98 Å². The van der Waals surface area contributed by atoms with Gasteiger partial charge >= 0.3 is 0 Å². The van der Waals surface area contributed by atoms with Crippen LogP contribution < -0.4 is 21.3 Å². The van der Waals surface area contributed by atoms with Crippen LogP contribution in [-0.2, 0) is 0 Å². The molecule has 9 heteroatoms. The van der Waals surface area contributed by atoms with E-state index in [0.717, 1.165) is 31.4 Å². The second kappa shape index (κ2) is 8.55. The highest BCUT2D eigenvalue weighted by atomic mass is 16.1. The lowest BCUT2D eigenvalue weighted by Crippen LogP contribution is -2.52. The fraction of sp³-hybridized carbons (Fsp3) is 0.579. The Morgan fingerprint density at radius 2 is 1.89 bits per heavy atom. The van der Waals surface area contributed by atoms with Gasteiger partial charge in [-0.3, -0.25) is 9.89 Å². The van der Waals surface area contributed by atoms with Gasteiger partial charge in [-0.2, -0.15) is 10.1 Å². The zero-order chi connectivity index (χ0) is 20.3. The standard InChI is InChI=1S/C19H30N8O/c1-5-12-8-14(9-13(6-2)21-12)27(4)19-22-15(18(20)28)10-16(24-19)23-17-7-11(3)25-26-17/h7,10,12-14,21H,5-6,8-9H2,1-4H3,(H2,20,28)(H2,22,23,24,25,26)/t12-,13+,14?. The Labute approximate surface area is 165 Å². The molecule has 3 heterocycles. The first-order valence-electron chi connectivity index (χ1n) is 9.86. The van der Waals surface area contributed by atoms with Gasteiger partial charge in [-0.1, -0.05) is 13.8 Å². The highest BCUT2D eigenvalue weighted by Gasteiger charge is 2.30. The van der Waals surface area contributed by atoms with Crippen LogP contribution in [0.15, 0.2) is 12.1 Å². The van der Waals surface area contributed by atoms with E-state index < -0.39 is 5.91 Å². The molecule has 0 bridgehead atoms. The number of carbonyl (C=O) groups excluding carboxylic acids is 1. The van der Waals surface area contributed by atoms with E-state index in [4.69, 9.17) is 5.73 Å². The fourth-order valence-electron chi connectivity index (χ4n) is 3.67. The van der Waals surface area contributed by atoms with Gasteiger partial charge in [0.15, 0.2) is 5.82 Å². The van der Waals surface area contributed by atoms with E-state index in [1.807, 2.05) is 20.0 Å². The van der Waals surface area contributed by atoms with Crippen molar-refractivity contribution in [3.63, 3.8) is 0 Å². The Bertz CT molecular complexity index is 808. The number of nitrogens with two attached hydrogens (primary N) is 1. The van der Waals surface area contributed by atoms with Crippen molar-refractivity contribution in [1.29, 1.82) is 0 Å². The topological polar surface area (TPSA) is 125 Å². The molecule has 152 valence electrons. The number of nitrogens with one attached hydrogen (secondary N) is 3. The van der Waals surface area contributed by atoms with Gasteiger partial charge in [0.25, 0.3) is 5.91 Å². The number of carbonyl (C=O) groups is 1. The van der Waals surface area contributed by atoms with Crippen LogP contribution in [0, 0.1) is 6.92 Å². The second-order valence-corrected chi connectivity index (χ2v) is 7.48. The molecule has 1 aliphatic rings. The van der Waals surface area contributed by atoms with Gasteiger partial charge in [-0.15, -0.1) is 0 Å². The zero-order valence-corrected chi connectivity index (χ0v) is 17.0. The number of hydrogen-bond donors (Lipinski definition) is 4. The number of piperidine rings is 1. The molecule has 9 nitrogen and oxygen atoms in total. The van der Waals surface area contributed by atoms with Crippen molar-refractivity contribution in [2.75, 3.05) is 17.3 Å². The van der Waals surface area contributed by atoms with Crippen LogP contribution in [0.5, 0.6) is 0 Å². The molecule has 2 aromatic heterocycles. The summed E-state index contributed by atoms with van der Waals surface area (Å²) in [5.41, 5.74) is 6.61. The number of primary amides is 1. The maximum atomic E-state index is 11.8. The van der Waals surface area contributed by atoms with Crippen LogP contribution in [0.2, 0.25) is 0 Å². The molecule has 0 saturated carbocycles. The van der Waals surface area contributed by atoms with E-state index in [1.165, 1.54) is 0 Å². The summed E-state index contributed by atoms with van der Waals surface area (Å²) in [6.45, 7) is 6.31. The molecule has 5 N–H and O–H groups in total.